The van der Waals surface area contributed by atoms with Crippen LogP contribution in [-0.2, 0) is 19.5 Å². The van der Waals surface area contributed by atoms with E-state index in [2.05, 4.69) is 33.3 Å². The molecule has 4 rings (SSSR count). The number of nitrogens with one attached hydrogen (secondary N) is 1. The van der Waals surface area contributed by atoms with Crippen molar-refractivity contribution in [2.45, 2.75) is 44.8 Å². The zero-order valence-electron chi connectivity index (χ0n) is 13.0. The van der Waals surface area contributed by atoms with Crippen molar-refractivity contribution in [1.29, 1.82) is 0 Å². The largest absolute Gasteiger partial charge is 0.312 e. The normalized spacial score (nSPS) is 27.1. The lowest BCUT2D eigenvalue weighted by molar-refractivity contribution is 0.229. The van der Waals surface area contributed by atoms with Crippen LogP contribution in [0.25, 0.3) is 0 Å². The molecule has 3 nitrogen and oxygen atoms in total. The SMILES string of the molecule is c1cc2c(c(CN3CCC(N4CCCC4)C3)c1)CCNC2. The molecule has 1 N–H and O–H groups in total. The molecule has 0 saturated carbocycles. The molecule has 3 aliphatic rings. The topological polar surface area (TPSA) is 18.5 Å². The van der Waals surface area contributed by atoms with Crippen molar-refractivity contribution in [2.75, 3.05) is 32.7 Å². The number of hydrogen-bond donors (Lipinski definition) is 1. The van der Waals surface area contributed by atoms with E-state index in [0.29, 0.717) is 0 Å². The van der Waals surface area contributed by atoms with Gasteiger partial charge in [-0.3, -0.25) is 9.80 Å². The molecule has 0 radical (unpaired) electrons. The van der Waals surface area contributed by atoms with Crippen LogP contribution in [0, 0.1) is 0 Å². The first-order chi connectivity index (χ1) is 10.4. The number of hydrogen-bond acceptors (Lipinski definition) is 3. The number of benzene rings is 1. The van der Waals surface area contributed by atoms with Gasteiger partial charge in [-0.2, -0.15) is 0 Å². The molecule has 0 aromatic heterocycles. The van der Waals surface area contributed by atoms with Gasteiger partial charge in [0.2, 0.25) is 0 Å². The summed E-state index contributed by atoms with van der Waals surface area (Å²) in [6.07, 6.45) is 5.40. The third-order valence-corrected chi connectivity index (χ3v) is 5.54. The average Bonchev–Trinajstić information content (AvgIpc) is 3.18. The van der Waals surface area contributed by atoms with Crippen molar-refractivity contribution in [2.24, 2.45) is 0 Å². The summed E-state index contributed by atoms with van der Waals surface area (Å²) in [5.74, 6) is 0. The molecule has 2 fully saturated rings. The van der Waals surface area contributed by atoms with Gasteiger partial charge in [0.05, 0.1) is 0 Å². The quantitative estimate of drug-likeness (QED) is 0.916. The molecular formula is C18H27N3. The Bertz CT molecular complexity index is 493. The highest BCUT2D eigenvalue weighted by atomic mass is 15.3. The van der Waals surface area contributed by atoms with E-state index in [0.717, 1.165) is 25.7 Å². The Hall–Kier alpha value is -0.900. The van der Waals surface area contributed by atoms with Crippen LogP contribution in [0.15, 0.2) is 18.2 Å². The molecule has 0 amide bonds. The van der Waals surface area contributed by atoms with E-state index in [1.165, 1.54) is 57.4 Å². The summed E-state index contributed by atoms with van der Waals surface area (Å²) in [4.78, 5) is 5.41. The molecule has 0 aliphatic carbocycles. The zero-order valence-corrected chi connectivity index (χ0v) is 13.0. The highest BCUT2D eigenvalue weighted by Crippen LogP contribution is 2.24. The third kappa shape index (κ3) is 2.87. The third-order valence-electron chi connectivity index (χ3n) is 5.54. The summed E-state index contributed by atoms with van der Waals surface area (Å²) in [5, 5.41) is 3.49. The van der Waals surface area contributed by atoms with Crippen molar-refractivity contribution in [3.63, 3.8) is 0 Å². The van der Waals surface area contributed by atoms with Gasteiger partial charge >= 0.3 is 0 Å². The van der Waals surface area contributed by atoms with Gasteiger partial charge in [-0.05, 0) is 62.0 Å². The van der Waals surface area contributed by atoms with E-state index in [4.69, 9.17) is 0 Å². The predicted octanol–water partition coefficient (Wildman–Crippen LogP) is 2.00. The zero-order chi connectivity index (χ0) is 14.1. The van der Waals surface area contributed by atoms with Gasteiger partial charge in [0.1, 0.15) is 0 Å². The summed E-state index contributed by atoms with van der Waals surface area (Å²) in [6, 6.07) is 7.72. The lowest BCUT2D eigenvalue weighted by Gasteiger charge is -2.25. The second kappa shape index (κ2) is 6.07. The van der Waals surface area contributed by atoms with Crippen LogP contribution in [0.3, 0.4) is 0 Å². The fourth-order valence-electron chi connectivity index (χ4n) is 4.36. The lowest BCUT2D eigenvalue weighted by atomic mass is 9.95. The van der Waals surface area contributed by atoms with Crippen LogP contribution in [0.1, 0.15) is 36.0 Å². The Morgan fingerprint density at radius 3 is 2.95 bits per heavy atom. The molecule has 1 aromatic rings. The summed E-state index contributed by atoms with van der Waals surface area (Å²) in [6.45, 7) is 8.59. The summed E-state index contributed by atoms with van der Waals surface area (Å²) in [5.41, 5.74) is 4.73. The van der Waals surface area contributed by atoms with E-state index < -0.39 is 0 Å². The highest BCUT2D eigenvalue weighted by Gasteiger charge is 2.29. The van der Waals surface area contributed by atoms with E-state index >= 15 is 0 Å². The molecule has 1 aromatic carbocycles. The van der Waals surface area contributed by atoms with Crippen LogP contribution in [0.4, 0.5) is 0 Å². The van der Waals surface area contributed by atoms with Gasteiger partial charge in [0.25, 0.3) is 0 Å². The maximum absolute atomic E-state index is 3.49. The molecule has 3 heterocycles. The van der Waals surface area contributed by atoms with E-state index in [-0.39, 0.29) is 0 Å². The van der Waals surface area contributed by atoms with Gasteiger partial charge in [-0.25, -0.2) is 0 Å². The van der Waals surface area contributed by atoms with E-state index in [1.54, 1.807) is 11.1 Å². The number of nitrogens with zero attached hydrogens (tertiary/aromatic N) is 2. The second-order valence-electron chi connectivity index (χ2n) is 6.90. The van der Waals surface area contributed by atoms with E-state index in [1.807, 2.05) is 0 Å². The minimum atomic E-state index is 0.828. The Balaban J connectivity index is 1.42. The Morgan fingerprint density at radius 1 is 1.14 bits per heavy atom. The monoisotopic (exact) mass is 285 g/mol. The smallest absolute Gasteiger partial charge is 0.0237 e. The summed E-state index contributed by atoms with van der Waals surface area (Å²) in [7, 11) is 0. The molecule has 1 atom stereocenters. The van der Waals surface area contributed by atoms with Crippen LogP contribution >= 0.6 is 0 Å². The second-order valence-corrected chi connectivity index (χ2v) is 6.90. The average molecular weight is 285 g/mol. The van der Waals surface area contributed by atoms with Gasteiger partial charge in [-0.15, -0.1) is 0 Å². The summed E-state index contributed by atoms with van der Waals surface area (Å²) >= 11 is 0. The standard InChI is InChI=1S/C18H27N3/c1-2-10-21(9-1)17-7-11-20(14-17)13-16-5-3-4-15-12-19-8-6-18(15)16/h3-5,17,19H,1-2,6-14H2. The first-order valence-electron chi connectivity index (χ1n) is 8.67. The van der Waals surface area contributed by atoms with Crippen molar-refractivity contribution < 1.29 is 0 Å². The first kappa shape index (κ1) is 13.7. The predicted molar refractivity (Wildman–Crippen MR) is 86.3 cm³/mol. The van der Waals surface area contributed by atoms with Crippen molar-refractivity contribution in [1.82, 2.24) is 15.1 Å². The van der Waals surface area contributed by atoms with Gasteiger partial charge < -0.3 is 5.32 Å². The molecular weight excluding hydrogens is 258 g/mol. The maximum atomic E-state index is 3.49. The minimum absolute atomic E-state index is 0.828. The number of rotatable bonds is 3. The van der Waals surface area contributed by atoms with E-state index in [9.17, 15) is 0 Å². The van der Waals surface area contributed by atoms with Crippen LogP contribution in [0.2, 0.25) is 0 Å². The summed E-state index contributed by atoms with van der Waals surface area (Å²) < 4.78 is 0. The maximum Gasteiger partial charge on any atom is 0.0237 e. The number of likely N-dealkylation sites (tertiary alicyclic amines) is 2. The van der Waals surface area contributed by atoms with Crippen molar-refractivity contribution in [3.05, 3.63) is 34.9 Å². The minimum Gasteiger partial charge on any atom is -0.312 e. The molecule has 2 saturated heterocycles. The van der Waals surface area contributed by atoms with Crippen LogP contribution < -0.4 is 5.32 Å². The first-order valence-corrected chi connectivity index (χ1v) is 8.67. The fraction of sp³-hybridized carbons (Fsp3) is 0.667. The Morgan fingerprint density at radius 2 is 2.05 bits per heavy atom. The molecule has 3 heteroatoms. The van der Waals surface area contributed by atoms with Gasteiger partial charge in [0, 0.05) is 32.2 Å². The molecule has 0 spiro atoms. The molecule has 3 aliphatic heterocycles. The molecule has 0 bridgehead atoms. The number of fused-ring (bicyclic) bond motifs is 1. The van der Waals surface area contributed by atoms with Crippen LogP contribution in [0.5, 0.6) is 0 Å². The fourth-order valence-corrected chi connectivity index (χ4v) is 4.36. The molecule has 114 valence electrons. The lowest BCUT2D eigenvalue weighted by Crippen LogP contribution is -2.35. The Kier molecular flexibility index (Phi) is 3.97. The van der Waals surface area contributed by atoms with Crippen LogP contribution in [-0.4, -0.2) is 48.6 Å². The van der Waals surface area contributed by atoms with Gasteiger partial charge in [-0.1, -0.05) is 18.2 Å². The Labute approximate surface area is 128 Å². The van der Waals surface area contributed by atoms with Gasteiger partial charge in [0.15, 0.2) is 0 Å². The highest BCUT2D eigenvalue weighted by molar-refractivity contribution is 5.37. The van der Waals surface area contributed by atoms with Crippen molar-refractivity contribution >= 4 is 0 Å². The van der Waals surface area contributed by atoms with Crippen molar-refractivity contribution in [3.8, 4) is 0 Å². The molecule has 21 heavy (non-hydrogen) atoms. The molecule has 1 unspecified atom stereocenters.